The highest BCUT2D eigenvalue weighted by atomic mass is 32.2. The number of benzene rings is 8. The van der Waals surface area contributed by atoms with Gasteiger partial charge in [0, 0.05) is 59.2 Å². The lowest BCUT2D eigenvalue weighted by Crippen LogP contribution is -1.99. The first-order valence-electron chi connectivity index (χ1n) is 18.1. The summed E-state index contributed by atoms with van der Waals surface area (Å²) in [7, 11) is 0. The number of hydrogen-bond acceptors (Lipinski definition) is 2. The molecule has 5 heteroatoms. The van der Waals surface area contributed by atoms with Gasteiger partial charge in [-0.25, -0.2) is 0 Å². The Morgan fingerprint density at radius 3 is 1.43 bits per heavy atom. The van der Waals surface area contributed by atoms with E-state index in [0.717, 1.165) is 32.4 Å². The van der Waals surface area contributed by atoms with Crippen molar-refractivity contribution in [3.8, 4) is 23.1 Å². The van der Waals surface area contributed by atoms with Gasteiger partial charge in [-0.2, -0.15) is 5.26 Å². The summed E-state index contributed by atoms with van der Waals surface area (Å²) < 4.78 is 7.32. The minimum atomic E-state index is 0.667. The number of hydrogen-bond donors (Lipinski definition) is 0. The fourth-order valence-corrected chi connectivity index (χ4v) is 9.19. The van der Waals surface area contributed by atoms with Crippen molar-refractivity contribution in [2.75, 3.05) is 0 Å². The molecule has 0 saturated carbocycles. The van der Waals surface area contributed by atoms with Crippen LogP contribution in [0.1, 0.15) is 5.56 Å². The Hall–Kier alpha value is -7.00. The lowest BCUT2D eigenvalue weighted by molar-refractivity contribution is 1.14. The van der Waals surface area contributed by atoms with E-state index in [1.54, 1.807) is 11.8 Å². The molecule has 0 N–H and O–H groups in total. The molecule has 54 heavy (non-hydrogen) atoms. The number of aromatic nitrogens is 3. The molecular weight excluding hydrogens is 677 g/mol. The Balaban J connectivity index is 1.26. The summed E-state index contributed by atoms with van der Waals surface area (Å²) in [6.07, 6.45) is 0. The van der Waals surface area contributed by atoms with Gasteiger partial charge in [0.25, 0.3) is 0 Å². The zero-order chi connectivity index (χ0) is 35.8. The van der Waals surface area contributed by atoms with Gasteiger partial charge in [0.05, 0.1) is 44.7 Å². The molecule has 3 aromatic heterocycles. The Labute approximate surface area is 315 Å². The second-order valence-corrected chi connectivity index (χ2v) is 14.8. The topological polar surface area (TPSA) is 38.6 Å². The van der Waals surface area contributed by atoms with Crippen LogP contribution in [0.2, 0.25) is 0 Å². The number of para-hydroxylation sites is 4. The normalized spacial score (nSPS) is 11.8. The van der Waals surface area contributed by atoms with Crippen LogP contribution in [0.5, 0.6) is 0 Å². The summed E-state index contributed by atoms with van der Waals surface area (Å²) in [5, 5.41) is 16.6. The molecule has 252 valence electrons. The smallest absolute Gasteiger partial charge is 0.0991 e. The van der Waals surface area contributed by atoms with Crippen LogP contribution in [0, 0.1) is 11.3 Å². The van der Waals surface area contributed by atoms with E-state index in [1.165, 1.54) is 59.9 Å². The molecule has 4 nitrogen and oxygen atoms in total. The molecule has 0 saturated heterocycles. The van der Waals surface area contributed by atoms with Gasteiger partial charge in [0.15, 0.2) is 0 Å². The lowest BCUT2D eigenvalue weighted by Gasteiger charge is -2.13. The van der Waals surface area contributed by atoms with E-state index in [9.17, 15) is 5.26 Å². The first-order chi connectivity index (χ1) is 26.7. The van der Waals surface area contributed by atoms with Gasteiger partial charge >= 0.3 is 0 Å². The maximum atomic E-state index is 9.29. The first-order valence-corrected chi connectivity index (χ1v) is 18.9. The Morgan fingerprint density at radius 1 is 0.352 bits per heavy atom. The molecule has 0 aliphatic carbocycles. The predicted molar refractivity (Wildman–Crippen MR) is 225 cm³/mol. The van der Waals surface area contributed by atoms with Crippen molar-refractivity contribution < 1.29 is 0 Å². The Kier molecular flexibility index (Phi) is 6.82. The summed E-state index contributed by atoms with van der Waals surface area (Å²) in [5.74, 6) is 0. The van der Waals surface area contributed by atoms with Gasteiger partial charge in [0.1, 0.15) is 0 Å². The van der Waals surface area contributed by atoms with Gasteiger partial charge in [-0.15, -0.1) is 0 Å². The standard InChI is InChI=1S/C49H30N4S/c50-31-32-19-23-36(24-20-32)54-37-25-21-35(22-26-37)53-47-30-46-42(39-16-8-9-17-44(39)51(46)33-11-3-1-4-12-33)29-43(47)41-28-27-40-38-15-7-10-18-45(38)52(48(40)49(41)53)34-13-5-2-6-14-34/h1-30H. The lowest BCUT2D eigenvalue weighted by atomic mass is 10.1. The van der Waals surface area contributed by atoms with E-state index in [1.807, 2.05) is 24.3 Å². The largest absolute Gasteiger partial charge is 0.309 e. The van der Waals surface area contributed by atoms with Crippen LogP contribution in [0.25, 0.3) is 82.5 Å². The molecule has 11 aromatic rings. The minimum Gasteiger partial charge on any atom is -0.309 e. The fourth-order valence-electron chi connectivity index (χ4n) is 8.37. The summed E-state index contributed by atoms with van der Waals surface area (Å²) in [5.41, 5.74) is 11.1. The SMILES string of the molecule is N#Cc1ccc(Sc2ccc(-n3c4cc5c(cc4c4ccc6c7ccccc7n(-c7ccccc7)c6c43)c3ccccc3n5-c3ccccc3)cc2)cc1. The van der Waals surface area contributed by atoms with Gasteiger partial charge in [-0.05, 0) is 97.1 Å². The van der Waals surface area contributed by atoms with Gasteiger partial charge in [-0.1, -0.05) is 96.7 Å². The van der Waals surface area contributed by atoms with Gasteiger partial charge in [0.2, 0.25) is 0 Å². The van der Waals surface area contributed by atoms with Crippen molar-refractivity contribution in [2.45, 2.75) is 9.79 Å². The number of rotatable bonds is 5. The van der Waals surface area contributed by atoms with Crippen LogP contribution < -0.4 is 0 Å². The second kappa shape index (κ2) is 12.0. The maximum Gasteiger partial charge on any atom is 0.0991 e. The zero-order valence-corrected chi connectivity index (χ0v) is 29.8. The molecule has 0 radical (unpaired) electrons. The van der Waals surface area contributed by atoms with E-state index in [0.29, 0.717) is 5.56 Å². The van der Waals surface area contributed by atoms with Crippen molar-refractivity contribution in [1.29, 1.82) is 5.26 Å². The first kappa shape index (κ1) is 30.6. The van der Waals surface area contributed by atoms with Crippen LogP contribution >= 0.6 is 11.8 Å². The van der Waals surface area contributed by atoms with Gasteiger partial charge < -0.3 is 13.7 Å². The van der Waals surface area contributed by atoms with Crippen LogP contribution in [0.3, 0.4) is 0 Å². The third kappa shape index (κ3) is 4.57. The minimum absolute atomic E-state index is 0.667. The van der Waals surface area contributed by atoms with Crippen LogP contribution in [-0.4, -0.2) is 13.7 Å². The van der Waals surface area contributed by atoms with Crippen LogP contribution in [0.4, 0.5) is 0 Å². The molecule has 0 atom stereocenters. The number of nitriles is 1. The monoisotopic (exact) mass is 706 g/mol. The number of nitrogens with zero attached hydrogens (tertiary/aromatic N) is 4. The van der Waals surface area contributed by atoms with Crippen LogP contribution in [0.15, 0.2) is 192 Å². The Bertz CT molecular complexity index is 3270. The van der Waals surface area contributed by atoms with E-state index >= 15 is 0 Å². The second-order valence-electron chi connectivity index (χ2n) is 13.7. The molecule has 0 aliphatic heterocycles. The molecular formula is C49H30N4S. The average Bonchev–Trinajstić information content (AvgIpc) is 3.86. The summed E-state index contributed by atoms with van der Waals surface area (Å²) in [4.78, 5) is 2.24. The average molecular weight is 707 g/mol. The molecule has 3 heterocycles. The third-order valence-electron chi connectivity index (χ3n) is 10.7. The molecule has 0 spiro atoms. The highest BCUT2D eigenvalue weighted by Gasteiger charge is 2.23. The third-order valence-corrected chi connectivity index (χ3v) is 11.7. The number of fused-ring (bicyclic) bond motifs is 10. The highest BCUT2D eigenvalue weighted by Crippen LogP contribution is 2.44. The molecule has 0 unspecified atom stereocenters. The van der Waals surface area contributed by atoms with E-state index in [2.05, 4.69) is 177 Å². The van der Waals surface area contributed by atoms with Crippen molar-refractivity contribution in [2.24, 2.45) is 0 Å². The Morgan fingerprint density at radius 2 is 0.796 bits per heavy atom. The van der Waals surface area contributed by atoms with E-state index < -0.39 is 0 Å². The van der Waals surface area contributed by atoms with Crippen molar-refractivity contribution >= 4 is 77.2 Å². The van der Waals surface area contributed by atoms with Gasteiger partial charge in [-0.3, -0.25) is 0 Å². The molecule has 8 aromatic carbocycles. The highest BCUT2D eigenvalue weighted by molar-refractivity contribution is 7.99. The van der Waals surface area contributed by atoms with E-state index in [4.69, 9.17) is 0 Å². The van der Waals surface area contributed by atoms with E-state index in [-0.39, 0.29) is 0 Å². The summed E-state index contributed by atoms with van der Waals surface area (Å²) in [6.45, 7) is 0. The molecule has 0 aliphatic rings. The molecule has 0 amide bonds. The van der Waals surface area contributed by atoms with Crippen molar-refractivity contribution in [3.63, 3.8) is 0 Å². The fraction of sp³-hybridized carbons (Fsp3) is 0. The van der Waals surface area contributed by atoms with Crippen molar-refractivity contribution in [1.82, 2.24) is 13.7 Å². The zero-order valence-electron chi connectivity index (χ0n) is 29.0. The molecule has 0 bridgehead atoms. The van der Waals surface area contributed by atoms with Crippen LogP contribution in [-0.2, 0) is 0 Å². The molecule has 0 fully saturated rings. The summed E-state index contributed by atoms with van der Waals surface area (Å²) in [6, 6.07) is 67.3. The van der Waals surface area contributed by atoms with Crippen molar-refractivity contribution in [3.05, 3.63) is 188 Å². The summed E-state index contributed by atoms with van der Waals surface area (Å²) >= 11 is 1.70. The predicted octanol–water partition coefficient (Wildman–Crippen LogP) is 13.0. The maximum absolute atomic E-state index is 9.29. The molecule has 11 rings (SSSR count). The quantitative estimate of drug-likeness (QED) is 0.179.